The second kappa shape index (κ2) is 7.96. The van der Waals surface area contributed by atoms with E-state index in [1.54, 1.807) is 18.4 Å². The lowest BCUT2D eigenvalue weighted by molar-refractivity contribution is -0.0192. The molecule has 0 aliphatic carbocycles. The quantitative estimate of drug-likeness (QED) is 0.434. The Morgan fingerprint density at radius 1 is 1.23 bits per heavy atom. The molecule has 2 atom stereocenters. The number of thiophene rings is 1. The first-order chi connectivity index (χ1) is 14.7. The summed E-state index contributed by atoms with van der Waals surface area (Å²) in [5.41, 5.74) is 3.22. The molecule has 0 amide bonds. The molecule has 0 N–H and O–H groups in total. The van der Waals surface area contributed by atoms with Crippen molar-refractivity contribution in [3.63, 3.8) is 0 Å². The normalized spacial score (nSPS) is 19.6. The van der Waals surface area contributed by atoms with Crippen LogP contribution in [0.5, 0.6) is 17.2 Å². The first-order valence-corrected chi connectivity index (χ1v) is 11.5. The van der Waals surface area contributed by atoms with E-state index in [9.17, 15) is 0 Å². The van der Waals surface area contributed by atoms with Crippen molar-refractivity contribution >= 4 is 33.0 Å². The minimum atomic E-state index is -0.358. The van der Waals surface area contributed by atoms with Gasteiger partial charge < -0.3 is 14.2 Å². The van der Waals surface area contributed by atoms with Crippen LogP contribution in [0.15, 0.2) is 63.5 Å². The third-order valence-corrected chi connectivity index (χ3v) is 6.83. The molecular weight excluding hydrogens is 464 g/mol. The van der Waals surface area contributed by atoms with Crippen LogP contribution in [0.25, 0.3) is 0 Å². The monoisotopic (exact) mass is 484 g/mol. The zero-order chi connectivity index (χ0) is 20.7. The number of halogens is 1. The van der Waals surface area contributed by atoms with Gasteiger partial charge in [0.05, 0.1) is 34.8 Å². The summed E-state index contributed by atoms with van der Waals surface area (Å²) >= 11 is 5.35. The number of para-hydroxylation sites is 1. The van der Waals surface area contributed by atoms with Crippen molar-refractivity contribution in [3.05, 3.63) is 74.4 Å². The lowest BCUT2D eigenvalue weighted by atomic mass is 9.97. The van der Waals surface area contributed by atoms with Crippen molar-refractivity contribution < 1.29 is 14.2 Å². The van der Waals surface area contributed by atoms with Gasteiger partial charge in [-0.2, -0.15) is 5.10 Å². The molecule has 2 aromatic carbocycles. The van der Waals surface area contributed by atoms with Crippen LogP contribution < -0.4 is 14.2 Å². The molecule has 0 saturated heterocycles. The molecule has 0 bridgehead atoms. The van der Waals surface area contributed by atoms with Crippen molar-refractivity contribution in [1.82, 2.24) is 5.01 Å². The number of hydrogen-bond acceptors (Lipinski definition) is 6. The first-order valence-electron chi connectivity index (χ1n) is 9.85. The summed E-state index contributed by atoms with van der Waals surface area (Å²) in [6, 6.07) is 16.6. The molecule has 3 heterocycles. The molecule has 2 aliphatic rings. The molecule has 5 rings (SSSR count). The SMILES string of the molecule is CCOc1cc([C@@H]2Oc3ccccc3[C@@H]3CC(c4cccs4)=NN32)cc(Br)c1OC. The summed E-state index contributed by atoms with van der Waals surface area (Å²) in [5, 5.41) is 9.18. The van der Waals surface area contributed by atoms with Crippen molar-refractivity contribution in [1.29, 1.82) is 0 Å². The van der Waals surface area contributed by atoms with Gasteiger partial charge in [0.15, 0.2) is 11.5 Å². The van der Waals surface area contributed by atoms with Crippen LogP contribution in [0, 0.1) is 0 Å². The third-order valence-electron chi connectivity index (χ3n) is 5.33. The fourth-order valence-electron chi connectivity index (χ4n) is 4.04. The summed E-state index contributed by atoms with van der Waals surface area (Å²) in [5.74, 6) is 2.26. The Hall–Kier alpha value is -2.51. The van der Waals surface area contributed by atoms with E-state index in [-0.39, 0.29) is 12.3 Å². The molecule has 1 aromatic heterocycles. The second-order valence-corrected chi connectivity index (χ2v) is 8.90. The van der Waals surface area contributed by atoms with E-state index in [0.29, 0.717) is 18.1 Å². The average molecular weight is 485 g/mol. The number of methoxy groups -OCH3 is 1. The van der Waals surface area contributed by atoms with Crippen LogP contribution in [0.1, 0.15) is 41.6 Å². The Balaban J connectivity index is 1.61. The topological polar surface area (TPSA) is 43.3 Å². The molecule has 7 heteroatoms. The van der Waals surface area contributed by atoms with Gasteiger partial charge in [0.2, 0.25) is 6.23 Å². The zero-order valence-electron chi connectivity index (χ0n) is 16.7. The molecular formula is C23H21BrN2O3S. The maximum absolute atomic E-state index is 6.46. The number of rotatable bonds is 5. The molecule has 30 heavy (non-hydrogen) atoms. The number of fused-ring (bicyclic) bond motifs is 3. The van der Waals surface area contributed by atoms with Gasteiger partial charge in [0, 0.05) is 17.5 Å². The van der Waals surface area contributed by atoms with Gasteiger partial charge in [-0.25, -0.2) is 5.01 Å². The van der Waals surface area contributed by atoms with Crippen molar-refractivity contribution in [2.45, 2.75) is 25.6 Å². The first kappa shape index (κ1) is 19.5. The Labute approximate surface area is 188 Å². The fourth-order valence-corrected chi connectivity index (χ4v) is 5.38. The highest BCUT2D eigenvalue weighted by molar-refractivity contribution is 9.10. The van der Waals surface area contributed by atoms with E-state index < -0.39 is 0 Å². The predicted molar refractivity (Wildman–Crippen MR) is 122 cm³/mol. The summed E-state index contributed by atoms with van der Waals surface area (Å²) in [4.78, 5) is 1.20. The van der Waals surface area contributed by atoms with Crippen molar-refractivity contribution in [2.75, 3.05) is 13.7 Å². The molecule has 0 fully saturated rings. The smallest absolute Gasteiger partial charge is 0.214 e. The van der Waals surface area contributed by atoms with Gasteiger partial charge in [0.25, 0.3) is 0 Å². The van der Waals surface area contributed by atoms with Crippen LogP contribution in [-0.2, 0) is 0 Å². The van der Waals surface area contributed by atoms with Crippen molar-refractivity contribution in [3.8, 4) is 17.2 Å². The number of nitrogens with zero attached hydrogens (tertiary/aromatic N) is 2. The lowest BCUT2D eigenvalue weighted by Crippen LogP contribution is -2.33. The van der Waals surface area contributed by atoms with Crippen LogP contribution in [0.2, 0.25) is 0 Å². The summed E-state index contributed by atoms with van der Waals surface area (Å²) in [6.45, 7) is 2.51. The Morgan fingerprint density at radius 3 is 2.87 bits per heavy atom. The molecule has 2 aliphatic heterocycles. The van der Waals surface area contributed by atoms with Gasteiger partial charge >= 0.3 is 0 Å². The van der Waals surface area contributed by atoms with E-state index in [1.807, 2.05) is 31.2 Å². The van der Waals surface area contributed by atoms with E-state index in [0.717, 1.165) is 27.9 Å². The minimum absolute atomic E-state index is 0.133. The summed E-state index contributed by atoms with van der Waals surface area (Å²) < 4.78 is 18.7. The Kier molecular flexibility index (Phi) is 5.16. The lowest BCUT2D eigenvalue weighted by Gasteiger charge is -2.38. The summed E-state index contributed by atoms with van der Waals surface area (Å²) in [7, 11) is 1.64. The number of benzene rings is 2. The largest absolute Gasteiger partial charge is 0.492 e. The highest BCUT2D eigenvalue weighted by Crippen LogP contribution is 2.49. The van der Waals surface area contributed by atoms with Gasteiger partial charge in [-0.1, -0.05) is 24.3 Å². The van der Waals surface area contributed by atoms with Gasteiger partial charge in [0.1, 0.15) is 5.75 Å². The maximum Gasteiger partial charge on any atom is 0.214 e. The van der Waals surface area contributed by atoms with E-state index >= 15 is 0 Å². The molecule has 5 nitrogen and oxygen atoms in total. The van der Waals surface area contributed by atoms with Gasteiger partial charge in [-0.05, 0) is 52.5 Å². The van der Waals surface area contributed by atoms with E-state index in [1.165, 1.54) is 10.4 Å². The van der Waals surface area contributed by atoms with Crippen molar-refractivity contribution in [2.24, 2.45) is 5.10 Å². The van der Waals surface area contributed by atoms with E-state index in [2.05, 4.69) is 50.6 Å². The standard InChI is InChI=1S/C23H21BrN2O3S/c1-3-28-20-12-14(11-16(24)22(20)27-2)23-26-18(15-7-4-5-8-19(15)29-23)13-17(25-26)21-9-6-10-30-21/h4-12,18,23H,3,13H2,1-2H3/t18-,23-/m0/s1. The maximum atomic E-state index is 6.46. The molecule has 154 valence electrons. The summed E-state index contributed by atoms with van der Waals surface area (Å²) in [6.07, 6.45) is 0.497. The number of ether oxygens (including phenoxy) is 3. The molecule has 0 spiro atoms. The number of hydrazone groups is 1. The number of hydrogen-bond donors (Lipinski definition) is 0. The Morgan fingerprint density at radius 2 is 2.10 bits per heavy atom. The molecule has 0 saturated carbocycles. The zero-order valence-corrected chi connectivity index (χ0v) is 19.1. The molecule has 0 unspecified atom stereocenters. The minimum Gasteiger partial charge on any atom is -0.492 e. The van der Waals surface area contributed by atoms with Crippen LogP contribution >= 0.6 is 27.3 Å². The second-order valence-electron chi connectivity index (χ2n) is 7.10. The van der Waals surface area contributed by atoms with Gasteiger partial charge in [-0.15, -0.1) is 11.3 Å². The van der Waals surface area contributed by atoms with Gasteiger partial charge in [-0.3, -0.25) is 0 Å². The van der Waals surface area contributed by atoms with Crippen LogP contribution in [0.4, 0.5) is 0 Å². The highest BCUT2D eigenvalue weighted by Gasteiger charge is 2.41. The van der Waals surface area contributed by atoms with Crippen LogP contribution in [0.3, 0.4) is 0 Å². The molecule has 0 radical (unpaired) electrons. The average Bonchev–Trinajstić information content (AvgIpc) is 3.43. The fraction of sp³-hybridized carbons (Fsp3) is 0.261. The predicted octanol–water partition coefficient (Wildman–Crippen LogP) is 6.16. The van der Waals surface area contributed by atoms with E-state index in [4.69, 9.17) is 19.3 Å². The molecule has 3 aromatic rings. The third kappa shape index (κ3) is 3.26. The Bertz CT molecular complexity index is 1100. The van der Waals surface area contributed by atoms with Crippen LogP contribution in [-0.4, -0.2) is 24.4 Å². The highest BCUT2D eigenvalue weighted by atomic mass is 79.9.